The number of rotatable bonds is 9. The maximum atomic E-state index is 5.89. The van der Waals surface area contributed by atoms with Gasteiger partial charge in [0.15, 0.2) is 5.96 Å². The van der Waals surface area contributed by atoms with Gasteiger partial charge in [-0.15, -0.1) is 0 Å². The summed E-state index contributed by atoms with van der Waals surface area (Å²) in [5, 5.41) is 7.04. The van der Waals surface area contributed by atoms with E-state index in [-0.39, 0.29) is 0 Å². The van der Waals surface area contributed by atoms with Crippen molar-refractivity contribution >= 4 is 5.96 Å². The summed E-state index contributed by atoms with van der Waals surface area (Å²) in [6.45, 7) is 11.7. The second kappa shape index (κ2) is 12.5. The van der Waals surface area contributed by atoms with Crippen molar-refractivity contribution in [3.63, 3.8) is 0 Å². The first-order chi connectivity index (χ1) is 15.1. The Morgan fingerprint density at radius 3 is 2.39 bits per heavy atom. The summed E-state index contributed by atoms with van der Waals surface area (Å²) >= 11 is 0. The van der Waals surface area contributed by atoms with Crippen LogP contribution in [0.2, 0.25) is 0 Å². The molecule has 1 aliphatic heterocycles. The minimum absolute atomic E-state index is 0.491. The van der Waals surface area contributed by atoms with Gasteiger partial charge in [0.05, 0.1) is 19.8 Å². The lowest BCUT2D eigenvalue weighted by Crippen LogP contribution is -2.49. The number of guanidine groups is 1. The first kappa shape index (κ1) is 23.3. The minimum Gasteiger partial charge on any atom is -0.372 e. The highest BCUT2D eigenvalue weighted by Crippen LogP contribution is 2.13. The molecule has 1 aliphatic rings. The Balaban J connectivity index is 1.50. The first-order valence-corrected chi connectivity index (χ1v) is 11.6. The molecule has 0 amide bonds. The predicted octanol–water partition coefficient (Wildman–Crippen LogP) is 4.33. The lowest BCUT2D eigenvalue weighted by molar-refractivity contribution is 0.107. The van der Waals surface area contributed by atoms with Crippen LogP contribution in [-0.4, -0.2) is 42.6 Å². The second-order valence-corrected chi connectivity index (χ2v) is 8.54. The number of piperidine rings is 1. The molecule has 5 heteroatoms. The molecule has 0 bridgehead atoms. The Labute approximate surface area is 187 Å². The average Bonchev–Trinajstić information content (AvgIpc) is 2.79. The maximum Gasteiger partial charge on any atom is 0.191 e. The summed E-state index contributed by atoms with van der Waals surface area (Å²) in [7, 11) is 0. The van der Waals surface area contributed by atoms with Crippen LogP contribution < -0.4 is 10.6 Å². The molecule has 1 saturated heterocycles. The predicted molar refractivity (Wildman–Crippen MR) is 129 cm³/mol. The standard InChI is InChI=1S/C26H38N4O/c1-4-27-26(29-25-13-15-30(16-14-25)21(2)3)28-18-23-11-8-12-24(17-23)20-31-19-22-9-6-5-7-10-22/h5-12,17,21,25H,4,13-16,18-20H2,1-3H3,(H2,27,28,29). The van der Waals surface area contributed by atoms with E-state index in [2.05, 4.69) is 72.7 Å². The zero-order valence-electron chi connectivity index (χ0n) is 19.3. The molecule has 1 fully saturated rings. The van der Waals surface area contributed by atoms with Gasteiger partial charge in [-0.2, -0.15) is 0 Å². The number of likely N-dealkylation sites (tertiary alicyclic amines) is 1. The van der Waals surface area contributed by atoms with Crippen LogP contribution in [-0.2, 0) is 24.5 Å². The average molecular weight is 423 g/mol. The van der Waals surface area contributed by atoms with Crippen LogP contribution in [0, 0.1) is 0 Å². The van der Waals surface area contributed by atoms with E-state index in [9.17, 15) is 0 Å². The Hall–Kier alpha value is -2.37. The monoisotopic (exact) mass is 422 g/mol. The first-order valence-electron chi connectivity index (χ1n) is 11.6. The summed E-state index contributed by atoms with van der Waals surface area (Å²) in [6.07, 6.45) is 2.33. The number of ether oxygens (including phenoxy) is 1. The van der Waals surface area contributed by atoms with Gasteiger partial charge in [0.1, 0.15) is 0 Å². The maximum absolute atomic E-state index is 5.89. The van der Waals surface area contributed by atoms with Gasteiger partial charge < -0.3 is 20.3 Å². The van der Waals surface area contributed by atoms with Crippen LogP contribution in [0.4, 0.5) is 0 Å². The molecule has 2 N–H and O–H groups in total. The van der Waals surface area contributed by atoms with Gasteiger partial charge in [-0.1, -0.05) is 54.6 Å². The highest BCUT2D eigenvalue weighted by Gasteiger charge is 2.21. The molecule has 168 valence electrons. The summed E-state index contributed by atoms with van der Waals surface area (Å²) in [6, 6.07) is 19.9. The molecule has 5 nitrogen and oxygen atoms in total. The lowest BCUT2D eigenvalue weighted by atomic mass is 10.0. The second-order valence-electron chi connectivity index (χ2n) is 8.54. The van der Waals surface area contributed by atoms with Crippen molar-refractivity contribution < 1.29 is 4.74 Å². The number of aliphatic imine (C=N–C) groups is 1. The van der Waals surface area contributed by atoms with E-state index in [1.807, 2.05) is 18.2 Å². The molecule has 0 saturated carbocycles. The summed E-state index contributed by atoms with van der Waals surface area (Å²) < 4.78 is 5.89. The summed E-state index contributed by atoms with van der Waals surface area (Å²) in [5.41, 5.74) is 3.58. The van der Waals surface area contributed by atoms with Crippen LogP contribution in [0.3, 0.4) is 0 Å². The Kier molecular flexibility index (Phi) is 9.38. The number of hydrogen-bond acceptors (Lipinski definition) is 3. The largest absolute Gasteiger partial charge is 0.372 e. The highest BCUT2D eigenvalue weighted by atomic mass is 16.5. The lowest BCUT2D eigenvalue weighted by Gasteiger charge is -2.35. The van der Waals surface area contributed by atoms with E-state index >= 15 is 0 Å². The van der Waals surface area contributed by atoms with Crippen LogP contribution >= 0.6 is 0 Å². The molecule has 0 spiro atoms. The molecule has 0 aliphatic carbocycles. The van der Waals surface area contributed by atoms with Crippen LogP contribution in [0.1, 0.15) is 50.3 Å². The molecule has 0 atom stereocenters. The van der Waals surface area contributed by atoms with Gasteiger partial charge in [-0.3, -0.25) is 0 Å². The highest BCUT2D eigenvalue weighted by molar-refractivity contribution is 5.80. The fourth-order valence-electron chi connectivity index (χ4n) is 3.92. The summed E-state index contributed by atoms with van der Waals surface area (Å²) in [5.74, 6) is 0.913. The SMILES string of the molecule is CCNC(=NCc1cccc(COCc2ccccc2)c1)NC1CCN(C(C)C)CC1. The normalized spacial score (nSPS) is 15.9. The Bertz CT molecular complexity index is 798. The van der Waals surface area contributed by atoms with Crippen molar-refractivity contribution in [1.82, 2.24) is 15.5 Å². The van der Waals surface area contributed by atoms with E-state index in [0.29, 0.717) is 31.8 Å². The third-order valence-electron chi connectivity index (χ3n) is 5.74. The number of nitrogens with one attached hydrogen (secondary N) is 2. The Morgan fingerprint density at radius 1 is 1.00 bits per heavy atom. The quantitative estimate of drug-likeness (QED) is 0.466. The fraction of sp³-hybridized carbons (Fsp3) is 0.500. The van der Waals surface area contributed by atoms with Crippen molar-refractivity contribution in [1.29, 1.82) is 0 Å². The van der Waals surface area contributed by atoms with Crippen LogP contribution in [0.5, 0.6) is 0 Å². The molecule has 0 aromatic heterocycles. The van der Waals surface area contributed by atoms with E-state index in [4.69, 9.17) is 9.73 Å². The van der Waals surface area contributed by atoms with Gasteiger partial charge in [-0.05, 0) is 50.3 Å². The molecule has 0 radical (unpaired) electrons. The number of hydrogen-bond donors (Lipinski definition) is 2. The van der Waals surface area contributed by atoms with Gasteiger partial charge in [0.25, 0.3) is 0 Å². The van der Waals surface area contributed by atoms with Gasteiger partial charge in [-0.25, -0.2) is 4.99 Å². The molecule has 2 aromatic carbocycles. The third-order valence-corrected chi connectivity index (χ3v) is 5.74. The molecular formula is C26H38N4O. The zero-order chi connectivity index (χ0) is 21.9. The van der Waals surface area contributed by atoms with E-state index in [0.717, 1.165) is 38.4 Å². The zero-order valence-corrected chi connectivity index (χ0v) is 19.3. The van der Waals surface area contributed by atoms with Gasteiger partial charge in [0, 0.05) is 31.7 Å². The van der Waals surface area contributed by atoms with E-state index in [1.165, 1.54) is 16.7 Å². The molecule has 2 aromatic rings. The van der Waals surface area contributed by atoms with Crippen molar-refractivity contribution in [2.75, 3.05) is 19.6 Å². The smallest absolute Gasteiger partial charge is 0.191 e. The number of benzene rings is 2. The number of nitrogens with zero attached hydrogens (tertiary/aromatic N) is 2. The van der Waals surface area contributed by atoms with E-state index < -0.39 is 0 Å². The molecule has 0 unspecified atom stereocenters. The fourth-order valence-corrected chi connectivity index (χ4v) is 3.92. The van der Waals surface area contributed by atoms with Crippen molar-refractivity contribution in [2.45, 2.75) is 65.5 Å². The Morgan fingerprint density at radius 2 is 1.68 bits per heavy atom. The van der Waals surface area contributed by atoms with Crippen LogP contribution in [0.15, 0.2) is 59.6 Å². The van der Waals surface area contributed by atoms with Gasteiger partial charge >= 0.3 is 0 Å². The topological polar surface area (TPSA) is 48.9 Å². The molecule has 1 heterocycles. The molecule has 31 heavy (non-hydrogen) atoms. The van der Waals surface area contributed by atoms with Crippen molar-refractivity contribution in [2.24, 2.45) is 4.99 Å². The molecular weight excluding hydrogens is 384 g/mol. The van der Waals surface area contributed by atoms with E-state index in [1.54, 1.807) is 0 Å². The minimum atomic E-state index is 0.491. The third kappa shape index (κ3) is 8.00. The molecule has 3 rings (SSSR count). The van der Waals surface area contributed by atoms with Crippen molar-refractivity contribution in [3.05, 3.63) is 71.3 Å². The summed E-state index contributed by atoms with van der Waals surface area (Å²) in [4.78, 5) is 7.39. The van der Waals surface area contributed by atoms with Crippen molar-refractivity contribution in [3.8, 4) is 0 Å². The van der Waals surface area contributed by atoms with Crippen LogP contribution in [0.25, 0.3) is 0 Å². The van der Waals surface area contributed by atoms with Gasteiger partial charge in [0.2, 0.25) is 0 Å².